The molecule has 0 aliphatic heterocycles. The van der Waals surface area contributed by atoms with Crippen LogP contribution in [0, 0.1) is 6.92 Å². The molecule has 1 aromatic carbocycles. The minimum atomic E-state index is -3.07. The number of carbonyl (C=O) groups excluding carboxylic acids is 1. The summed E-state index contributed by atoms with van der Waals surface area (Å²) in [5.41, 5.74) is 2.41. The summed E-state index contributed by atoms with van der Waals surface area (Å²) < 4.78 is 22.3. The summed E-state index contributed by atoms with van der Waals surface area (Å²) in [5, 5.41) is 3.16. The third-order valence-corrected chi connectivity index (χ3v) is 3.84. The molecule has 0 aliphatic carbocycles. The summed E-state index contributed by atoms with van der Waals surface area (Å²) in [5.74, 6) is -0.206. The zero-order valence-electron chi connectivity index (χ0n) is 12.4. The van der Waals surface area contributed by atoms with Crippen molar-refractivity contribution in [3.63, 3.8) is 0 Å². The van der Waals surface area contributed by atoms with Gasteiger partial charge >= 0.3 is 0 Å². The van der Waals surface area contributed by atoms with Gasteiger partial charge in [0, 0.05) is 32.1 Å². The molecule has 0 radical (unpaired) electrons. The number of benzene rings is 1. The van der Waals surface area contributed by atoms with Crippen LogP contribution >= 0.6 is 0 Å². The first-order valence-corrected chi connectivity index (χ1v) is 8.58. The predicted octanol–water partition coefficient (Wildman–Crippen LogP) is 1.54. The molecular weight excluding hydrogens is 276 g/mol. The largest absolute Gasteiger partial charge is 0.385 e. The average Bonchev–Trinajstić information content (AvgIpc) is 2.35. The number of anilines is 1. The monoisotopic (exact) mass is 298 g/mol. The molecule has 0 heterocycles. The number of aryl methyl sites for hydroxylation is 1. The van der Waals surface area contributed by atoms with Crippen LogP contribution in [0.5, 0.6) is 0 Å². The van der Waals surface area contributed by atoms with E-state index in [1.165, 1.54) is 11.2 Å². The first-order chi connectivity index (χ1) is 9.24. The van der Waals surface area contributed by atoms with Crippen LogP contribution in [0.15, 0.2) is 18.2 Å². The SMILES string of the molecule is CCNc1cc(C)ccc1C(=O)N(C)CCS(C)(=O)=O. The summed E-state index contributed by atoms with van der Waals surface area (Å²) in [6.07, 6.45) is 1.17. The summed E-state index contributed by atoms with van der Waals surface area (Å²) in [6.45, 7) is 4.83. The molecule has 0 unspecified atom stereocenters. The zero-order chi connectivity index (χ0) is 15.3. The highest BCUT2D eigenvalue weighted by Crippen LogP contribution is 2.19. The van der Waals surface area contributed by atoms with Gasteiger partial charge in [-0.2, -0.15) is 0 Å². The molecule has 1 amide bonds. The van der Waals surface area contributed by atoms with Gasteiger partial charge in [0.1, 0.15) is 9.84 Å². The average molecular weight is 298 g/mol. The molecule has 0 bridgehead atoms. The molecule has 6 heteroatoms. The van der Waals surface area contributed by atoms with Crippen molar-refractivity contribution < 1.29 is 13.2 Å². The van der Waals surface area contributed by atoms with Gasteiger partial charge in [-0.25, -0.2) is 8.42 Å². The lowest BCUT2D eigenvalue weighted by Crippen LogP contribution is -2.32. The lowest BCUT2D eigenvalue weighted by Gasteiger charge is -2.19. The number of nitrogens with zero attached hydrogens (tertiary/aromatic N) is 1. The van der Waals surface area contributed by atoms with Crippen LogP contribution in [-0.2, 0) is 9.84 Å². The highest BCUT2D eigenvalue weighted by molar-refractivity contribution is 7.90. The van der Waals surface area contributed by atoms with Crippen molar-refractivity contribution in [3.8, 4) is 0 Å². The van der Waals surface area contributed by atoms with Crippen LogP contribution in [0.25, 0.3) is 0 Å². The summed E-state index contributed by atoms with van der Waals surface area (Å²) in [6, 6.07) is 5.56. The number of hydrogen-bond donors (Lipinski definition) is 1. The Morgan fingerprint density at radius 2 is 2.00 bits per heavy atom. The second-order valence-corrected chi connectivity index (χ2v) is 7.20. The van der Waals surface area contributed by atoms with E-state index in [1.54, 1.807) is 13.1 Å². The molecule has 20 heavy (non-hydrogen) atoms. The molecule has 0 saturated carbocycles. The fourth-order valence-corrected chi connectivity index (χ4v) is 2.40. The standard InChI is InChI=1S/C14H22N2O3S/c1-5-15-13-10-11(2)6-7-12(13)14(17)16(3)8-9-20(4,18)19/h6-7,10,15H,5,8-9H2,1-4H3. The Bertz CT molecular complexity index is 582. The summed E-state index contributed by atoms with van der Waals surface area (Å²) >= 11 is 0. The number of sulfone groups is 1. The van der Waals surface area contributed by atoms with Crippen LogP contribution in [-0.4, -0.2) is 51.4 Å². The fourth-order valence-electron chi connectivity index (χ4n) is 1.79. The van der Waals surface area contributed by atoms with E-state index >= 15 is 0 Å². The minimum absolute atomic E-state index is 0.0301. The normalized spacial score (nSPS) is 11.2. The summed E-state index contributed by atoms with van der Waals surface area (Å²) in [4.78, 5) is 13.8. The Balaban J connectivity index is 2.90. The Hall–Kier alpha value is -1.56. The molecule has 0 fully saturated rings. The first-order valence-electron chi connectivity index (χ1n) is 6.52. The topological polar surface area (TPSA) is 66.5 Å². The van der Waals surface area contributed by atoms with Gasteiger partial charge < -0.3 is 10.2 Å². The van der Waals surface area contributed by atoms with Crippen LogP contribution in [0.2, 0.25) is 0 Å². The second-order valence-electron chi connectivity index (χ2n) is 4.94. The molecule has 0 aliphatic rings. The fraction of sp³-hybridized carbons (Fsp3) is 0.500. The van der Waals surface area contributed by atoms with Gasteiger partial charge in [-0.05, 0) is 31.5 Å². The van der Waals surface area contributed by atoms with E-state index in [0.29, 0.717) is 5.56 Å². The van der Waals surface area contributed by atoms with E-state index in [0.717, 1.165) is 17.8 Å². The molecule has 1 N–H and O–H groups in total. The number of hydrogen-bond acceptors (Lipinski definition) is 4. The maximum atomic E-state index is 12.4. The molecule has 1 rings (SSSR count). The minimum Gasteiger partial charge on any atom is -0.385 e. The smallest absolute Gasteiger partial charge is 0.255 e. The van der Waals surface area contributed by atoms with Crippen molar-refractivity contribution in [2.45, 2.75) is 13.8 Å². The Morgan fingerprint density at radius 3 is 2.55 bits per heavy atom. The van der Waals surface area contributed by atoms with Gasteiger partial charge in [0.2, 0.25) is 0 Å². The van der Waals surface area contributed by atoms with Crippen molar-refractivity contribution in [2.24, 2.45) is 0 Å². The van der Waals surface area contributed by atoms with E-state index in [1.807, 2.05) is 26.0 Å². The van der Waals surface area contributed by atoms with Crippen LogP contribution < -0.4 is 5.32 Å². The molecule has 1 aromatic rings. The molecule has 0 spiro atoms. The molecule has 0 atom stereocenters. The lowest BCUT2D eigenvalue weighted by atomic mass is 10.1. The molecule has 112 valence electrons. The van der Waals surface area contributed by atoms with Crippen molar-refractivity contribution in [1.82, 2.24) is 4.90 Å². The van der Waals surface area contributed by atoms with Gasteiger partial charge in [0.25, 0.3) is 5.91 Å². The van der Waals surface area contributed by atoms with E-state index in [9.17, 15) is 13.2 Å². The van der Waals surface area contributed by atoms with Gasteiger partial charge in [0.05, 0.1) is 11.3 Å². The highest BCUT2D eigenvalue weighted by Gasteiger charge is 2.17. The Morgan fingerprint density at radius 1 is 1.35 bits per heavy atom. The third kappa shape index (κ3) is 4.85. The Labute approximate surface area is 120 Å². The van der Waals surface area contributed by atoms with Crippen molar-refractivity contribution >= 4 is 21.4 Å². The van der Waals surface area contributed by atoms with E-state index < -0.39 is 9.84 Å². The van der Waals surface area contributed by atoms with E-state index in [2.05, 4.69) is 5.32 Å². The van der Waals surface area contributed by atoms with E-state index in [-0.39, 0.29) is 18.2 Å². The number of nitrogens with one attached hydrogen (secondary N) is 1. The molecule has 0 saturated heterocycles. The highest BCUT2D eigenvalue weighted by atomic mass is 32.2. The van der Waals surface area contributed by atoms with E-state index in [4.69, 9.17) is 0 Å². The quantitative estimate of drug-likeness (QED) is 0.865. The summed E-state index contributed by atoms with van der Waals surface area (Å²) in [7, 11) is -1.46. The van der Waals surface area contributed by atoms with Crippen molar-refractivity contribution in [3.05, 3.63) is 29.3 Å². The predicted molar refractivity (Wildman–Crippen MR) is 82.0 cm³/mol. The van der Waals surface area contributed by atoms with Gasteiger partial charge in [-0.1, -0.05) is 6.07 Å². The van der Waals surface area contributed by atoms with Crippen molar-refractivity contribution in [2.75, 3.05) is 37.5 Å². The van der Waals surface area contributed by atoms with Crippen LogP contribution in [0.1, 0.15) is 22.8 Å². The number of amides is 1. The zero-order valence-corrected chi connectivity index (χ0v) is 13.3. The van der Waals surface area contributed by atoms with Crippen LogP contribution in [0.3, 0.4) is 0 Å². The maximum Gasteiger partial charge on any atom is 0.255 e. The molecule has 5 nitrogen and oxygen atoms in total. The third-order valence-electron chi connectivity index (χ3n) is 2.92. The maximum absolute atomic E-state index is 12.4. The van der Waals surface area contributed by atoms with Gasteiger partial charge in [0.15, 0.2) is 0 Å². The number of carbonyl (C=O) groups is 1. The number of rotatable bonds is 6. The molecule has 0 aromatic heterocycles. The van der Waals surface area contributed by atoms with Crippen LogP contribution in [0.4, 0.5) is 5.69 Å². The van der Waals surface area contributed by atoms with Crippen molar-refractivity contribution in [1.29, 1.82) is 0 Å². The van der Waals surface area contributed by atoms with Gasteiger partial charge in [-0.3, -0.25) is 4.79 Å². The second kappa shape index (κ2) is 6.74. The molecular formula is C14H22N2O3S. The van der Waals surface area contributed by atoms with Gasteiger partial charge in [-0.15, -0.1) is 0 Å². The Kier molecular flexibility index (Phi) is 5.56. The lowest BCUT2D eigenvalue weighted by molar-refractivity contribution is 0.0804. The first kappa shape index (κ1) is 16.5.